The summed E-state index contributed by atoms with van der Waals surface area (Å²) in [5.41, 5.74) is 2.28. The first-order chi connectivity index (χ1) is 7.56. The lowest BCUT2D eigenvalue weighted by Crippen LogP contribution is -2.33. The van der Waals surface area contributed by atoms with Crippen LogP contribution in [0.25, 0.3) is 0 Å². The Hall–Kier alpha value is -1.32. The molecule has 1 heterocycles. The lowest BCUT2D eigenvalue weighted by molar-refractivity contribution is 0.0937. The minimum absolute atomic E-state index is 0.0210. The summed E-state index contributed by atoms with van der Waals surface area (Å²) in [6.45, 7) is 7.90. The van der Waals surface area contributed by atoms with Gasteiger partial charge in [0.25, 0.3) is 5.91 Å². The number of nitrogens with one attached hydrogen (secondary N) is 2. The molecule has 0 aliphatic rings. The van der Waals surface area contributed by atoms with Crippen molar-refractivity contribution in [2.45, 2.75) is 53.0 Å². The maximum Gasteiger partial charge on any atom is 0.255 e. The number of carbonyl (C=O) groups is 1. The Labute approximate surface area is 96.8 Å². The second-order valence-corrected chi connectivity index (χ2v) is 4.33. The topological polar surface area (TPSA) is 57.8 Å². The number of aromatic nitrogens is 2. The third-order valence-electron chi connectivity index (χ3n) is 2.72. The first-order valence-corrected chi connectivity index (χ1v) is 5.88. The van der Waals surface area contributed by atoms with Gasteiger partial charge in [-0.05, 0) is 27.2 Å². The number of carbonyl (C=O) groups excluding carboxylic acids is 1. The highest BCUT2D eigenvalue weighted by atomic mass is 16.1. The molecular formula is C12H21N3O. The number of nitrogens with zero attached hydrogens (tertiary/aromatic N) is 1. The summed E-state index contributed by atoms with van der Waals surface area (Å²) in [6.07, 6.45) is 3.33. The number of rotatable bonds is 5. The molecule has 2 N–H and O–H groups in total. The third-order valence-corrected chi connectivity index (χ3v) is 2.72. The van der Waals surface area contributed by atoms with Gasteiger partial charge in [0.2, 0.25) is 0 Å². The molecule has 0 bridgehead atoms. The van der Waals surface area contributed by atoms with Crippen molar-refractivity contribution >= 4 is 5.91 Å². The van der Waals surface area contributed by atoms with Gasteiger partial charge >= 0.3 is 0 Å². The molecule has 4 nitrogen and oxygen atoms in total. The van der Waals surface area contributed by atoms with E-state index < -0.39 is 0 Å². The van der Waals surface area contributed by atoms with Crippen LogP contribution in [0.5, 0.6) is 0 Å². The molecule has 1 aromatic heterocycles. The fraction of sp³-hybridized carbons (Fsp3) is 0.667. The van der Waals surface area contributed by atoms with E-state index in [0.29, 0.717) is 5.56 Å². The Morgan fingerprint density at radius 2 is 2.19 bits per heavy atom. The third kappa shape index (κ3) is 3.08. The van der Waals surface area contributed by atoms with E-state index in [0.717, 1.165) is 30.7 Å². The predicted molar refractivity (Wildman–Crippen MR) is 64.5 cm³/mol. The molecule has 1 aromatic rings. The van der Waals surface area contributed by atoms with Crippen molar-refractivity contribution in [1.29, 1.82) is 0 Å². The smallest absolute Gasteiger partial charge is 0.255 e. The fourth-order valence-corrected chi connectivity index (χ4v) is 1.76. The number of unbranched alkanes of at least 4 members (excludes halogenated alkanes) is 1. The average molecular weight is 223 g/mol. The molecule has 0 radical (unpaired) electrons. The van der Waals surface area contributed by atoms with Crippen molar-refractivity contribution in [3.63, 3.8) is 0 Å². The minimum Gasteiger partial charge on any atom is -0.349 e. The summed E-state index contributed by atoms with van der Waals surface area (Å²) in [7, 11) is 0. The van der Waals surface area contributed by atoms with Crippen LogP contribution in [0.1, 0.15) is 54.9 Å². The van der Waals surface area contributed by atoms with Crippen LogP contribution in [0.2, 0.25) is 0 Å². The van der Waals surface area contributed by atoms with Crippen molar-refractivity contribution in [2.24, 2.45) is 0 Å². The lowest BCUT2D eigenvalue weighted by atomic mass is 10.1. The van der Waals surface area contributed by atoms with Crippen molar-refractivity contribution in [1.82, 2.24) is 15.5 Å². The largest absolute Gasteiger partial charge is 0.349 e. The van der Waals surface area contributed by atoms with Gasteiger partial charge in [0.1, 0.15) is 0 Å². The zero-order chi connectivity index (χ0) is 12.1. The zero-order valence-corrected chi connectivity index (χ0v) is 10.6. The fourth-order valence-electron chi connectivity index (χ4n) is 1.76. The van der Waals surface area contributed by atoms with Crippen LogP contribution in [-0.4, -0.2) is 22.1 Å². The molecule has 4 heteroatoms. The Kier molecular flexibility index (Phi) is 4.52. The minimum atomic E-state index is -0.0210. The van der Waals surface area contributed by atoms with E-state index >= 15 is 0 Å². The maximum atomic E-state index is 11.9. The van der Waals surface area contributed by atoms with Crippen molar-refractivity contribution in [2.75, 3.05) is 0 Å². The van der Waals surface area contributed by atoms with Gasteiger partial charge in [-0.2, -0.15) is 5.10 Å². The first kappa shape index (κ1) is 12.7. The summed E-state index contributed by atoms with van der Waals surface area (Å²) >= 11 is 0. The summed E-state index contributed by atoms with van der Waals surface area (Å²) in [4.78, 5) is 11.9. The highest BCUT2D eigenvalue weighted by Gasteiger charge is 2.16. The quantitative estimate of drug-likeness (QED) is 0.805. The molecule has 0 spiro atoms. The van der Waals surface area contributed by atoms with Crippen LogP contribution in [-0.2, 0) is 0 Å². The average Bonchev–Trinajstić information content (AvgIpc) is 2.55. The Morgan fingerprint density at radius 3 is 2.69 bits per heavy atom. The predicted octanol–water partition coefficient (Wildman–Crippen LogP) is 2.34. The van der Waals surface area contributed by atoms with Gasteiger partial charge < -0.3 is 5.32 Å². The van der Waals surface area contributed by atoms with Crippen molar-refractivity contribution in [3.8, 4) is 0 Å². The van der Waals surface area contributed by atoms with Crippen LogP contribution in [0.3, 0.4) is 0 Å². The van der Waals surface area contributed by atoms with Gasteiger partial charge in [-0.1, -0.05) is 19.8 Å². The second kappa shape index (κ2) is 5.68. The van der Waals surface area contributed by atoms with Gasteiger partial charge in [-0.3, -0.25) is 9.89 Å². The van der Waals surface area contributed by atoms with Crippen LogP contribution in [0.15, 0.2) is 0 Å². The summed E-state index contributed by atoms with van der Waals surface area (Å²) in [5, 5.41) is 9.84. The molecule has 1 unspecified atom stereocenters. The van der Waals surface area contributed by atoms with Gasteiger partial charge in [0, 0.05) is 11.7 Å². The number of aryl methyl sites for hydroxylation is 2. The maximum absolute atomic E-state index is 11.9. The molecule has 1 rings (SSSR count). The molecule has 0 saturated carbocycles. The Bertz CT molecular complexity index is 338. The Morgan fingerprint density at radius 1 is 1.50 bits per heavy atom. The van der Waals surface area contributed by atoms with Gasteiger partial charge in [-0.25, -0.2) is 0 Å². The molecule has 0 fully saturated rings. The van der Waals surface area contributed by atoms with Gasteiger partial charge in [0.15, 0.2) is 0 Å². The lowest BCUT2D eigenvalue weighted by Gasteiger charge is -2.13. The number of hydrogen-bond acceptors (Lipinski definition) is 2. The summed E-state index contributed by atoms with van der Waals surface area (Å²) < 4.78 is 0. The highest BCUT2D eigenvalue weighted by molar-refractivity contribution is 5.96. The first-order valence-electron chi connectivity index (χ1n) is 5.88. The number of amides is 1. The number of hydrogen-bond donors (Lipinski definition) is 2. The molecule has 0 aliphatic heterocycles. The van der Waals surface area contributed by atoms with E-state index in [2.05, 4.69) is 22.4 Å². The summed E-state index contributed by atoms with van der Waals surface area (Å²) in [5.74, 6) is -0.0210. The van der Waals surface area contributed by atoms with Crippen molar-refractivity contribution < 1.29 is 4.79 Å². The van der Waals surface area contributed by atoms with E-state index in [1.807, 2.05) is 20.8 Å². The summed E-state index contributed by atoms with van der Waals surface area (Å²) in [6, 6.07) is 0.223. The van der Waals surface area contributed by atoms with Crippen LogP contribution < -0.4 is 5.32 Å². The van der Waals surface area contributed by atoms with E-state index in [1.54, 1.807) is 0 Å². The number of H-pyrrole nitrogens is 1. The molecule has 16 heavy (non-hydrogen) atoms. The van der Waals surface area contributed by atoms with E-state index in [1.165, 1.54) is 0 Å². The number of aromatic amines is 1. The van der Waals surface area contributed by atoms with Crippen molar-refractivity contribution in [3.05, 3.63) is 17.0 Å². The molecule has 0 aliphatic carbocycles. The van der Waals surface area contributed by atoms with Crippen LogP contribution in [0, 0.1) is 13.8 Å². The van der Waals surface area contributed by atoms with Gasteiger partial charge in [-0.15, -0.1) is 0 Å². The van der Waals surface area contributed by atoms with Gasteiger partial charge in [0.05, 0.1) is 11.3 Å². The molecule has 1 amide bonds. The monoisotopic (exact) mass is 223 g/mol. The van der Waals surface area contributed by atoms with E-state index in [4.69, 9.17) is 0 Å². The molecular weight excluding hydrogens is 202 g/mol. The zero-order valence-electron chi connectivity index (χ0n) is 10.6. The molecule has 1 atom stereocenters. The van der Waals surface area contributed by atoms with Crippen LogP contribution in [0.4, 0.5) is 0 Å². The van der Waals surface area contributed by atoms with E-state index in [9.17, 15) is 4.79 Å². The highest BCUT2D eigenvalue weighted by Crippen LogP contribution is 2.10. The Balaban J connectivity index is 2.59. The van der Waals surface area contributed by atoms with E-state index in [-0.39, 0.29) is 11.9 Å². The SMILES string of the molecule is CCCCC(C)NC(=O)c1c(C)n[nH]c1C. The molecule has 0 aromatic carbocycles. The normalized spacial score (nSPS) is 12.5. The molecule has 90 valence electrons. The standard InChI is InChI=1S/C12H21N3O/c1-5-6-7-8(2)13-12(16)11-9(3)14-15-10(11)4/h8H,5-7H2,1-4H3,(H,13,16)(H,14,15). The van der Waals surface area contributed by atoms with Crippen LogP contribution >= 0.6 is 0 Å². The second-order valence-electron chi connectivity index (χ2n) is 4.33. The molecule has 0 saturated heterocycles.